The second kappa shape index (κ2) is 4.68. The van der Waals surface area contributed by atoms with Crippen molar-refractivity contribution in [3.05, 3.63) is 0 Å². The van der Waals surface area contributed by atoms with E-state index in [4.69, 9.17) is 15.0 Å². The van der Waals surface area contributed by atoms with Crippen LogP contribution < -0.4 is 5.73 Å². The summed E-state index contributed by atoms with van der Waals surface area (Å²) in [5.74, 6) is -1.38. The Balaban J connectivity index is 4.49. The summed E-state index contributed by atoms with van der Waals surface area (Å²) >= 11 is 0. The number of esters is 1. The van der Waals surface area contributed by atoms with Gasteiger partial charge in [0.25, 0.3) is 10.1 Å². The molecule has 7 heteroatoms. The van der Waals surface area contributed by atoms with E-state index in [-0.39, 0.29) is 6.61 Å². The Kier molecular flexibility index (Phi) is 4.49. The van der Waals surface area contributed by atoms with E-state index < -0.39 is 32.8 Å². The van der Waals surface area contributed by atoms with Crippen LogP contribution in [0.1, 0.15) is 27.7 Å². The lowest BCUT2D eigenvalue weighted by Crippen LogP contribution is -2.41. The Bertz CT molecular complexity index is 353. The number of hydrogen-bond acceptors (Lipinski definition) is 5. The lowest BCUT2D eigenvalue weighted by Gasteiger charge is -2.24. The van der Waals surface area contributed by atoms with Crippen LogP contribution in [0.3, 0.4) is 0 Å². The van der Waals surface area contributed by atoms with E-state index in [1.807, 2.05) is 0 Å². The third kappa shape index (κ3) is 6.76. The molecule has 0 heterocycles. The van der Waals surface area contributed by atoms with Crippen molar-refractivity contribution in [2.45, 2.75) is 33.2 Å². The summed E-state index contributed by atoms with van der Waals surface area (Å²) in [5, 5.41) is 0. The third-order valence-electron chi connectivity index (χ3n) is 1.67. The Labute approximate surface area is 95.9 Å². The number of ether oxygens (including phenoxy) is 1. The number of nitrogens with two attached hydrogens (primary N) is 1. The van der Waals surface area contributed by atoms with Crippen molar-refractivity contribution in [3.63, 3.8) is 0 Å². The quantitative estimate of drug-likeness (QED) is 0.534. The average Bonchev–Trinajstić information content (AvgIpc) is 1.93. The molecular weight excluding hydrogens is 234 g/mol. The van der Waals surface area contributed by atoms with Crippen LogP contribution in [0.15, 0.2) is 0 Å². The van der Waals surface area contributed by atoms with Crippen LogP contribution in [0, 0.1) is 5.41 Å². The molecule has 0 saturated heterocycles. The highest BCUT2D eigenvalue weighted by atomic mass is 32.2. The summed E-state index contributed by atoms with van der Waals surface area (Å²) < 4.78 is 34.9. The fourth-order valence-corrected chi connectivity index (χ4v) is 1.99. The van der Waals surface area contributed by atoms with Gasteiger partial charge in [0.2, 0.25) is 0 Å². The van der Waals surface area contributed by atoms with E-state index in [2.05, 4.69) is 0 Å². The fourth-order valence-electron chi connectivity index (χ4n) is 0.962. The standard InChI is InChI=1S/C9H19NO5S/c1-8(2,6-16(12,13)14)7(11)15-5-9(3,4)10/h5-6,10H2,1-4H3,(H,12,13,14). The molecule has 0 aliphatic carbocycles. The van der Waals surface area contributed by atoms with E-state index in [1.165, 1.54) is 13.8 Å². The normalized spacial score (nSPS) is 13.6. The highest BCUT2D eigenvalue weighted by molar-refractivity contribution is 7.85. The van der Waals surface area contributed by atoms with Crippen LogP contribution in [0.2, 0.25) is 0 Å². The molecule has 0 fully saturated rings. The highest BCUT2D eigenvalue weighted by Gasteiger charge is 2.35. The van der Waals surface area contributed by atoms with Crippen LogP contribution in [-0.2, 0) is 19.6 Å². The first-order valence-corrected chi connectivity index (χ1v) is 6.36. The van der Waals surface area contributed by atoms with Crippen LogP contribution >= 0.6 is 0 Å². The zero-order valence-electron chi connectivity index (χ0n) is 9.98. The molecule has 0 radical (unpaired) electrons. The molecule has 0 rings (SSSR count). The monoisotopic (exact) mass is 253 g/mol. The molecule has 0 aromatic heterocycles. The van der Waals surface area contributed by atoms with Crippen molar-refractivity contribution in [2.24, 2.45) is 11.1 Å². The molecule has 0 saturated carbocycles. The highest BCUT2D eigenvalue weighted by Crippen LogP contribution is 2.20. The summed E-state index contributed by atoms with van der Waals surface area (Å²) in [6.45, 7) is 6.10. The first kappa shape index (κ1) is 15.3. The topological polar surface area (TPSA) is 107 Å². The van der Waals surface area contributed by atoms with E-state index in [0.29, 0.717) is 0 Å². The predicted octanol–water partition coefficient (Wildman–Crippen LogP) is 0.181. The molecule has 0 unspecified atom stereocenters. The Hall–Kier alpha value is -0.660. The van der Waals surface area contributed by atoms with Gasteiger partial charge in [-0.3, -0.25) is 9.35 Å². The number of rotatable bonds is 5. The van der Waals surface area contributed by atoms with Crippen molar-refractivity contribution in [3.8, 4) is 0 Å². The van der Waals surface area contributed by atoms with Gasteiger partial charge in [0.05, 0.1) is 11.2 Å². The van der Waals surface area contributed by atoms with E-state index >= 15 is 0 Å². The van der Waals surface area contributed by atoms with Crippen LogP contribution in [0.25, 0.3) is 0 Å². The maximum Gasteiger partial charge on any atom is 0.312 e. The summed E-state index contributed by atoms with van der Waals surface area (Å²) in [6, 6.07) is 0. The molecule has 16 heavy (non-hydrogen) atoms. The Morgan fingerprint density at radius 2 is 1.75 bits per heavy atom. The summed E-state index contributed by atoms with van der Waals surface area (Å²) in [6.07, 6.45) is 0. The average molecular weight is 253 g/mol. The zero-order valence-corrected chi connectivity index (χ0v) is 10.8. The Morgan fingerprint density at radius 3 is 2.06 bits per heavy atom. The van der Waals surface area contributed by atoms with Gasteiger partial charge in [0, 0.05) is 5.54 Å². The predicted molar refractivity (Wildman–Crippen MR) is 59.4 cm³/mol. The number of carbonyl (C=O) groups is 1. The second-order valence-corrected chi connectivity index (χ2v) is 6.63. The van der Waals surface area contributed by atoms with Gasteiger partial charge in [-0.2, -0.15) is 8.42 Å². The van der Waals surface area contributed by atoms with Crippen LogP contribution in [0.4, 0.5) is 0 Å². The Morgan fingerprint density at radius 1 is 1.31 bits per heavy atom. The van der Waals surface area contributed by atoms with Crippen molar-refractivity contribution >= 4 is 16.1 Å². The smallest absolute Gasteiger partial charge is 0.312 e. The van der Waals surface area contributed by atoms with Gasteiger partial charge in [-0.15, -0.1) is 0 Å². The largest absolute Gasteiger partial charge is 0.463 e. The summed E-state index contributed by atoms with van der Waals surface area (Å²) in [4.78, 5) is 11.5. The molecule has 0 aliphatic heterocycles. The molecule has 96 valence electrons. The van der Waals surface area contributed by atoms with Crippen LogP contribution in [-0.4, -0.2) is 36.8 Å². The maximum atomic E-state index is 11.5. The van der Waals surface area contributed by atoms with Crippen molar-refractivity contribution in [2.75, 3.05) is 12.4 Å². The summed E-state index contributed by atoms with van der Waals surface area (Å²) in [5.41, 5.74) is 3.64. The van der Waals surface area contributed by atoms with Crippen molar-refractivity contribution < 1.29 is 22.5 Å². The molecule has 0 aliphatic rings. The molecule has 0 aromatic rings. The molecule has 3 N–H and O–H groups in total. The lowest BCUT2D eigenvalue weighted by molar-refractivity contribution is -0.154. The minimum atomic E-state index is -4.21. The van der Waals surface area contributed by atoms with Gasteiger partial charge >= 0.3 is 5.97 Å². The summed E-state index contributed by atoms with van der Waals surface area (Å²) in [7, 11) is -4.21. The maximum absolute atomic E-state index is 11.5. The molecule has 0 aromatic carbocycles. The van der Waals surface area contributed by atoms with E-state index in [9.17, 15) is 13.2 Å². The molecule has 6 nitrogen and oxygen atoms in total. The number of carbonyl (C=O) groups excluding carboxylic acids is 1. The van der Waals surface area contributed by atoms with Gasteiger partial charge < -0.3 is 10.5 Å². The minimum Gasteiger partial charge on any atom is -0.463 e. The third-order valence-corrected chi connectivity index (χ3v) is 2.76. The molecule has 0 bridgehead atoms. The molecule has 0 atom stereocenters. The lowest BCUT2D eigenvalue weighted by atomic mass is 9.97. The second-order valence-electron chi connectivity index (χ2n) is 5.17. The van der Waals surface area contributed by atoms with Crippen LogP contribution in [0.5, 0.6) is 0 Å². The first-order valence-electron chi connectivity index (χ1n) is 4.75. The van der Waals surface area contributed by atoms with Gasteiger partial charge in [-0.25, -0.2) is 0 Å². The molecule has 0 spiro atoms. The van der Waals surface area contributed by atoms with Gasteiger partial charge in [0.15, 0.2) is 0 Å². The SMILES string of the molecule is CC(C)(N)COC(=O)C(C)(C)CS(=O)(=O)O. The van der Waals surface area contributed by atoms with Crippen molar-refractivity contribution in [1.82, 2.24) is 0 Å². The van der Waals surface area contributed by atoms with Gasteiger partial charge in [-0.05, 0) is 27.7 Å². The molecular formula is C9H19NO5S. The number of hydrogen-bond donors (Lipinski definition) is 2. The molecule has 0 amide bonds. The first-order chi connectivity index (χ1) is 6.83. The fraction of sp³-hybridized carbons (Fsp3) is 0.889. The van der Waals surface area contributed by atoms with Gasteiger partial charge in [0.1, 0.15) is 6.61 Å². The zero-order chi connectivity index (χ0) is 13.2. The van der Waals surface area contributed by atoms with Gasteiger partial charge in [-0.1, -0.05) is 0 Å². The van der Waals surface area contributed by atoms with E-state index in [1.54, 1.807) is 13.8 Å². The van der Waals surface area contributed by atoms with Crippen molar-refractivity contribution in [1.29, 1.82) is 0 Å². The van der Waals surface area contributed by atoms with E-state index in [0.717, 1.165) is 0 Å². The minimum absolute atomic E-state index is 0.0132.